The van der Waals surface area contributed by atoms with Crippen molar-refractivity contribution in [2.24, 2.45) is 0 Å². The molecule has 1 atom stereocenters. The topological polar surface area (TPSA) is 142 Å². The zero-order valence-electron chi connectivity index (χ0n) is 18.1. The van der Waals surface area contributed by atoms with Crippen LogP contribution >= 0.6 is 0 Å². The second-order valence-electron chi connectivity index (χ2n) is 7.71. The maximum Gasteiger partial charge on any atom is 0.355 e. The Morgan fingerprint density at radius 1 is 1.18 bits per heavy atom. The van der Waals surface area contributed by atoms with Crippen LogP contribution in [0.25, 0.3) is 0 Å². The van der Waals surface area contributed by atoms with Crippen molar-refractivity contribution < 1.29 is 19.2 Å². The number of allylic oxidation sites excluding steroid dienone is 1. The highest BCUT2D eigenvalue weighted by molar-refractivity contribution is 6.15. The summed E-state index contributed by atoms with van der Waals surface area (Å²) in [5, 5.41) is 25.6. The number of nitrogens with zero attached hydrogens (tertiary/aromatic N) is 5. The van der Waals surface area contributed by atoms with Gasteiger partial charge >= 0.3 is 5.97 Å². The summed E-state index contributed by atoms with van der Waals surface area (Å²) in [5.74, 6) is -0.931. The number of nitro groups is 1. The molecular weight excluding hydrogens is 428 g/mol. The van der Waals surface area contributed by atoms with E-state index in [4.69, 9.17) is 4.74 Å². The van der Waals surface area contributed by atoms with E-state index in [-0.39, 0.29) is 28.5 Å². The minimum absolute atomic E-state index is 0.0134. The number of carbonyl (C=O) groups is 2. The number of fused-ring (bicyclic) bond motifs is 1. The fourth-order valence-corrected chi connectivity index (χ4v) is 3.68. The third-order valence-electron chi connectivity index (χ3n) is 5.39. The molecule has 0 unspecified atom stereocenters. The van der Waals surface area contributed by atoms with Gasteiger partial charge in [-0.1, -0.05) is 55.3 Å². The van der Waals surface area contributed by atoms with Crippen molar-refractivity contribution in [1.29, 1.82) is 0 Å². The Morgan fingerprint density at radius 2 is 1.91 bits per heavy atom. The number of carbonyl (C=O) groups excluding carboxylic acids is 2. The Labute approximate surface area is 188 Å². The van der Waals surface area contributed by atoms with Gasteiger partial charge in [0.1, 0.15) is 11.7 Å². The number of nitro benzene ring substituents is 1. The lowest BCUT2D eigenvalue weighted by molar-refractivity contribution is -0.384. The Kier molecular flexibility index (Phi) is 5.69. The monoisotopic (exact) mass is 448 g/mol. The second-order valence-corrected chi connectivity index (χ2v) is 7.71. The summed E-state index contributed by atoms with van der Waals surface area (Å²) in [7, 11) is 1.19. The lowest BCUT2D eigenvalue weighted by atomic mass is 9.88. The summed E-state index contributed by atoms with van der Waals surface area (Å²) < 4.78 is 6.29. The SMILES string of the molecule is COC(=O)C1=C(C(=O)c2cccc([N+](=O)[O-])c2)[C@H](c2ccc(C(C)C)cc2)n2nnnc2N1. The first kappa shape index (κ1) is 21.8. The molecule has 33 heavy (non-hydrogen) atoms. The van der Waals surface area contributed by atoms with Crippen LogP contribution in [0.2, 0.25) is 0 Å². The first-order valence-corrected chi connectivity index (χ1v) is 10.1. The van der Waals surface area contributed by atoms with Gasteiger partial charge in [-0.05, 0) is 27.5 Å². The van der Waals surface area contributed by atoms with Gasteiger partial charge in [0.15, 0.2) is 5.78 Å². The maximum atomic E-state index is 13.7. The van der Waals surface area contributed by atoms with E-state index in [1.165, 1.54) is 30.0 Å². The smallest absolute Gasteiger partial charge is 0.355 e. The highest BCUT2D eigenvalue weighted by Gasteiger charge is 2.38. The van der Waals surface area contributed by atoms with Crippen molar-refractivity contribution in [1.82, 2.24) is 20.2 Å². The van der Waals surface area contributed by atoms with Crippen LogP contribution in [0.15, 0.2) is 59.8 Å². The third-order valence-corrected chi connectivity index (χ3v) is 5.39. The first-order valence-electron chi connectivity index (χ1n) is 10.1. The lowest BCUT2D eigenvalue weighted by Crippen LogP contribution is -2.33. The minimum atomic E-state index is -0.863. The zero-order valence-corrected chi connectivity index (χ0v) is 18.1. The van der Waals surface area contributed by atoms with Crippen LogP contribution < -0.4 is 5.32 Å². The summed E-state index contributed by atoms with van der Waals surface area (Å²) in [6.45, 7) is 4.12. The molecular formula is C22H20N6O5. The van der Waals surface area contributed by atoms with Crippen molar-refractivity contribution in [2.45, 2.75) is 25.8 Å². The van der Waals surface area contributed by atoms with Gasteiger partial charge in [0.05, 0.1) is 17.6 Å². The largest absolute Gasteiger partial charge is 0.464 e. The molecule has 0 amide bonds. The molecule has 1 aliphatic rings. The number of benzene rings is 2. The van der Waals surface area contributed by atoms with E-state index < -0.39 is 22.7 Å². The number of hydrogen-bond acceptors (Lipinski definition) is 9. The highest BCUT2D eigenvalue weighted by atomic mass is 16.6. The van der Waals surface area contributed by atoms with E-state index in [9.17, 15) is 19.7 Å². The maximum absolute atomic E-state index is 13.7. The molecule has 0 saturated heterocycles. The Hall–Kier alpha value is -4.41. The molecule has 168 valence electrons. The number of anilines is 1. The van der Waals surface area contributed by atoms with Crippen LogP contribution in [0.1, 0.15) is 47.3 Å². The number of non-ortho nitro benzene ring substituents is 1. The van der Waals surface area contributed by atoms with Crippen LogP contribution in [0.3, 0.4) is 0 Å². The van der Waals surface area contributed by atoms with Crippen molar-refractivity contribution in [2.75, 3.05) is 12.4 Å². The molecule has 0 saturated carbocycles. The number of tetrazole rings is 1. The molecule has 0 spiro atoms. The van der Waals surface area contributed by atoms with Crippen LogP contribution in [0.5, 0.6) is 0 Å². The molecule has 1 N–H and O–H groups in total. The fraction of sp³-hybridized carbons (Fsp3) is 0.227. The van der Waals surface area contributed by atoms with Crippen LogP contribution in [0, 0.1) is 10.1 Å². The number of Topliss-reactive ketones (excluding diaryl/α,β-unsaturated/α-hetero) is 1. The number of esters is 1. The minimum Gasteiger partial charge on any atom is -0.464 e. The third kappa shape index (κ3) is 3.95. The molecule has 0 aliphatic carbocycles. The predicted molar refractivity (Wildman–Crippen MR) is 117 cm³/mol. The van der Waals surface area contributed by atoms with Crippen molar-refractivity contribution in [3.05, 3.63) is 86.6 Å². The van der Waals surface area contributed by atoms with Crippen molar-refractivity contribution >= 4 is 23.4 Å². The quantitative estimate of drug-likeness (QED) is 0.260. The number of rotatable bonds is 6. The molecule has 2 aromatic carbocycles. The van der Waals surface area contributed by atoms with Gasteiger partial charge in [0.25, 0.3) is 5.69 Å². The molecule has 0 bridgehead atoms. The molecule has 4 rings (SSSR count). The number of ether oxygens (including phenoxy) is 1. The normalized spacial score (nSPS) is 15.1. The summed E-state index contributed by atoms with van der Waals surface area (Å²) in [5.41, 5.74) is 1.43. The highest BCUT2D eigenvalue weighted by Crippen LogP contribution is 2.37. The number of methoxy groups -OCH3 is 1. The average Bonchev–Trinajstić information content (AvgIpc) is 3.30. The van der Waals surface area contributed by atoms with E-state index in [1.807, 2.05) is 24.3 Å². The summed E-state index contributed by atoms with van der Waals surface area (Å²) in [4.78, 5) is 37.0. The molecule has 1 aromatic heterocycles. The average molecular weight is 448 g/mol. The van der Waals surface area contributed by atoms with E-state index in [0.717, 1.165) is 11.6 Å². The van der Waals surface area contributed by atoms with Crippen molar-refractivity contribution in [3.8, 4) is 0 Å². The van der Waals surface area contributed by atoms with E-state index in [2.05, 4.69) is 34.7 Å². The van der Waals surface area contributed by atoms with Crippen LogP contribution in [-0.2, 0) is 9.53 Å². The van der Waals surface area contributed by atoms with Crippen LogP contribution in [-0.4, -0.2) is 44.0 Å². The Morgan fingerprint density at radius 3 is 2.55 bits per heavy atom. The number of nitrogens with one attached hydrogen (secondary N) is 1. The van der Waals surface area contributed by atoms with Crippen molar-refractivity contribution in [3.63, 3.8) is 0 Å². The number of ketones is 1. The molecule has 11 heteroatoms. The van der Waals surface area contributed by atoms with Gasteiger partial charge in [-0.25, -0.2) is 4.79 Å². The zero-order chi connectivity index (χ0) is 23.7. The standard InChI is InChI=1S/C22H20N6O5/c1-12(2)13-7-9-14(10-8-13)19-17(20(29)15-5-4-6-16(11-15)28(31)32)18(21(30)33-3)23-22-24-25-26-27(19)22/h4-12,19H,1-3H3,(H,23,24,26)/t19-/m0/s1. The molecule has 0 radical (unpaired) electrons. The molecule has 2 heterocycles. The Bertz CT molecular complexity index is 1280. The van der Waals surface area contributed by atoms with E-state index in [0.29, 0.717) is 11.5 Å². The second kappa shape index (κ2) is 8.61. The predicted octanol–water partition coefficient (Wildman–Crippen LogP) is 3.03. The van der Waals surface area contributed by atoms with Gasteiger partial charge < -0.3 is 10.1 Å². The van der Waals surface area contributed by atoms with Crippen LogP contribution in [0.4, 0.5) is 11.6 Å². The van der Waals surface area contributed by atoms with Gasteiger partial charge in [-0.15, -0.1) is 0 Å². The van der Waals surface area contributed by atoms with Gasteiger partial charge in [-0.2, -0.15) is 4.68 Å². The molecule has 3 aromatic rings. The molecule has 11 nitrogen and oxygen atoms in total. The number of aromatic nitrogens is 4. The lowest BCUT2D eigenvalue weighted by Gasteiger charge is -2.28. The fourth-order valence-electron chi connectivity index (χ4n) is 3.68. The van der Waals surface area contributed by atoms with E-state index >= 15 is 0 Å². The summed E-state index contributed by atoms with van der Waals surface area (Å²) >= 11 is 0. The van der Waals surface area contributed by atoms with Gasteiger partial charge in [0, 0.05) is 17.7 Å². The first-order chi connectivity index (χ1) is 15.8. The summed E-state index contributed by atoms with van der Waals surface area (Å²) in [6, 6.07) is 12.0. The molecule has 0 fully saturated rings. The van der Waals surface area contributed by atoms with E-state index in [1.54, 1.807) is 0 Å². The van der Waals surface area contributed by atoms with Gasteiger partial charge in [-0.3, -0.25) is 14.9 Å². The van der Waals surface area contributed by atoms with Gasteiger partial charge in [0.2, 0.25) is 5.95 Å². The number of hydrogen-bond donors (Lipinski definition) is 1. The molecule has 1 aliphatic heterocycles. The summed E-state index contributed by atoms with van der Waals surface area (Å²) in [6.07, 6.45) is 0. The Balaban J connectivity index is 1.92.